The predicted octanol–water partition coefficient (Wildman–Crippen LogP) is 4.17. The van der Waals surface area contributed by atoms with E-state index in [9.17, 15) is 4.79 Å². The Labute approximate surface area is 169 Å². The van der Waals surface area contributed by atoms with Crippen LogP contribution >= 0.6 is 11.3 Å². The van der Waals surface area contributed by atoms with E-state index >= 15 is 0 Å². The van der Waals surface area contributed by atoms with Crippen LogP contribution in [-0.4, -0.2) is 45.9 Å². The van der Waals surface area contributed by atoms with Crippen molar-refractivity contribution in [1.29, 1.82) is 0 Å². The average molecular weight is 399 g/mol. The minimum absolute atomic E-state index is 0.0180. The number of thiophene rings is 1. The van der Waals surface area contributed by atoms with Gasteiger partial charge in [-0.2, -0.15) is 0 Å². The first-order valence-electron chi connectivity index (χ1n) is 9.61. The Hall–Kier alpha value is -2.74. The molecule has 4 rings (SSSR count). The van der Waals surface area contributed by atoms with E-state index in [1.54, 1.807) is 6.20 Å². The minimum Gasteiger partial charge on any atom is -0.380 e. The summed E-state index contributed by atoms with van der Waals surface area (Å²) in [7, 11) is 1.86. The lowest BCUT2D eigenvalue weighted by atomic mass is 10.1. The summed E-state index contributed by atoms with van der Waals surface area (Å²) in [6.07, 6.45) is 4.61. The van der Waals surface area contributed by atoms with Crippen LogP contribution in [-0.2, 0) is 0 Å². The number of anilines is 2. The molecule has 28 heavy (non-hydrogen) atoms. The molecule has 1 fully saturated rings. The number of pyridine rings is 1. The molecule has 1 amide bonds. The van der Waals surface area contributed by atoms with Crippen molar-refractivity contribution in [3.05, 3.63) is 41.9 Å². The van der Waals surface area contributed by atoms with E-state index in [4.69, 9.17) is 0 Å². The van der Waals surface area contributed by atoms with Crippen molar-refractivity contribution in [1.82, 2.24) is 19.9 Å². The molecule has 0 spiro atoms. The summed E-state index contributed by atoms with van der Waals surface area (Å²) in [6, 6.07) is 5.83. The molecule has 2 N–H and O–H groups in total. The molecule has 1 aliphatic heterocycles. The number of aromatic nitrogens is 3. The van der Waals surface area contributed by atoms with Gasteiger partial charge in [-0.15, -0.1) is 11.3 Å². The van der Waals surface area contributed by atoms with E-state index in [2.05, 4.69) is 25.6 Å². The normalized spacial score (nSPS) is 13.9. The number of carbonyl (C=O) groups excluding carboxylic acids is 1. The molecule has 0 unspecified atom stereocenters. The Kier molecular flexibility index (Phi) is 6.41. The van der Waals surface area contributed by atoms with E-state index in [0.29, 0.717) is 11.6 Å². The summed E-state index contributed by atoms with van der Waals surface area (Å²) in [5.74, 6) is 0.434. The number of hydrogen-bond acceptors (Lipinski definition) is 7. The number of hydrogen-bond donors (Lipinski definition) is 2. The molecule has 1 saturated heterocycles. The molecule has 7 nitrogen and oxygen atoms in total. The number of carbonyl (C=O) groups is 1. The number of nitrogens with zero attached hydrogens (tertiary/aromatic N) is 4. The third-order valence-electron chi connectivity index (χ3n) is 4.49. The van der Waals surface area contributed by atoms with Gasteiger partial charge in [0.1, 0.15) is 0 Å². The smallest absolute Gasteiger partial charge is 0.274 e. The zero-order valence-corrected chi connectivity index (χ0v) is 17.5. The second-order valence-electron chi connectivity index (χ2n) is 6.27. The van der Waals surface area contributed by atoms with Crippen molar-refractivity contribution in [2.75, 3.05) is 30.8 Å². The maximum absolute atomic E-state index is 12.8. The number of likely N-dealkylation sites (tertiary alicyclic amines) is 1. The largest absolute Gasteiger partial charge is 0.380 e. The molecule has 0 aromatic carbocycles. The zero-order chi connectivity index (χ0) is 20.1. The van der Waals surface area contributed by atoms with Crippen LogP contribution in [0.3, 0.4) is 0 Å². The molecule has 3 aromatic rings. The van der Waals surface area contributed by atoms with Crippen LogP contribution in [0.5, 0.6) is 0 Å². The highest BCUT2D eigenvalue weighted by Gasteiger charge is 2.26. The fourth-order valence-electron chi connectivity index (χ4n) is 2.84. The van der Waals surface area contributed by atoms with Gasteiger partial charge in [-0.25, -0.2) is 9.97 Å². The molecule has 1 atom stereocenters. The topological polar surface area (TPSA) is 83.0 Å². The standard InChI is InChI=1S/C18H20N6OS.C2H6/c1-11(12-5-3-6-20-10-12)21-18-22-13-9-14(19-2)26-16(13)15(23-18)17(25)24-7-4-8-24;1-2/h3,5-6,9-11,19H,4,7-8H2,1-2H3,(H,21,22,23);1-2H3/t11-;/m0./s1. The van der Waals surface area contributed by atoms with Gasteiger partial charge < -0.3 is 15.5 Å². The highest BCUT2D eigenvalue weighted by molar-refractivity contribution is 7.23. The van der Waals surface area contributed by atoms with Crippen molar-refractivity contribution >= 4 is 38.4 Å². The fraction of sp³-hybridized carbons (Fsp3) is 0.400. The van der Waals surface area contributed by atoms with E-state index < -0.39 is 0 Å². The number of amides is 1. The Balaban J connectivity index is 0.00000109. The summed E-state index contributed by atoms with van der Waals surface area (Å²) in [5.41, 5.74) is 2.29. The van der Waals surface area contributed by atoms with Gasteiger partial charge in [0.15, 0.2) is 5.69 Å². The van der Waals surface area contributed by atoms with Crippen LogP contribution in [0.2, 0.25) is 0 Å². The quantitative estimate of drug-likeness (QED) is 0.671. The van der Waals surface area contributed by atoms with Crippen LogP contribution in [0, 0.1) is 0 Å². The third kappa shape index (κ3) is 4.06. The first kappa shape index (κ1) is 20.0. The van der Waals surface area contributed by atoms with Crippen LogP contribution in [0.15, 0.2) is 30.6 Å². The molecule has 0 saturated carbocycles. The Morgan fingerprint density at radius 1 is 1.29 bits per heavy atom. The predicted molar refractivity (Wildman–Crippen MR) is 115 cm³/mol. The SMILES string of the molecule is CC.CNc1cc2nc(N[C@@H](C)c3cccnc3)nc(C(=O)N3CCC3)c2s1. The highest BCUT2D eigenvalue weighted by atomic mass is 32.1. The van der Waals surface area contributed by atoms with Crippen LogP contribution in [0.25, 0.3) is 10.2 Å². The molecule has 148 valence electrons. The summed E-state index contributed by atoms with van der Waals surface area (Å²) in [5, 5.41) is 7.38. The van der Waals surface area contributed by atoms with Crippen molar-refractivity contribution in [2.24, 2.45) is 0 Å². The monoisotopic (exact) mass is 398 g/mol. The van der Waals surface area contributed by atoms with Crippen LogP contribution in [0.4, 0.5) is 10.9 Å². The van der Waals surface area contributed by atoms with Gasteiger partial charge in [0.2, 0.25) is 5.95 Å². The van der Waals surface area contributed by atoms with Gasteiger partial charge in [-0.3, -0.25) is 9.78 Å². The van der Waals surface area contributed by atoms with Crippen molar-refractivity contribution in [2.45, 2.75) is 33.2 Å². The van der Waals surface area contributed by atoms with Gasteiger partial charge >= 0.3 is 0 Å². The molecule has 0 bridgehead atoms. The number of fused-ring (bicyclic) bond motifs is 1. The van der Waals surface area contributed by atoms with Gasteiger partial charge in [0, 0.05) is 32.5 Å². The molecule has 3 aromatic heterocycles. The molecule has 4 heterocycles. The molecule has 0 aliphatic carbocycles. The average Bonchev–Trinajstić information content (AvgIpc) is 3.11. The van der Waals surface area contributed by atoms with E-state index in [0.717, 1.165) is 40.3 Å². The fourth-order valence-corrected chi connectivity index (χ4v) is 3.77. The molecule has 1 aliphatic rings. The third-order valence-corrected chi connectivity index (χ3v) is 5.64. The number of rotatable bonds is 5. The van der Waals surface area contributed by atoms with Crippen molar-refractivity contribution in [3.63, 3.8) is 0 Å². The summed E-state index contributed by atoms with van der Waals surface area (Å²) in [4.78, 5) is 28.0. The first-order valence-corrected chi connectivity index (χ1v) is 10.4. The van der Waals surface area contributed by atoms with Crippen molar-refractivity contribution in [3.8, 4) is 0 Å². The summed E-state index contributed by atoms with van der Waals surface area (Å²) >= 11 is 1.51. The second kappa shape index (κ2) is 8.97. The van der Waals surface area contributed by atoms with Crippen LogP contribution in [0.1, 0.15) is 49.3 Å². The van der Waals surface area contributed by atoms with Crippen LogP contribution < -0.4 is 10.6 Å². The zero-order valence-electron chi connectivity index (χ0n) is 16.7. The lowest BCUT2D eigenvalue weighted by Gasteiger charge is -2.30. The summed E-state index contributed by atoms with van der Waals surface area (Å²) in [6.45, 7) is 7.61. The van der Waals surface area contributed by atoms with E-state index in [1.165, 1.54) is 11.3 Å². The lowest BCUT2D eigenvalue weighted by molar-refractivity contribution is 0.0648. The maximum Gasteiger partial charge on any atom is 0.274 e. The molecular formula is C20H26N6OS. The Bertz CT molecular complexity index is 939. The highest BCUT2D eigenvalue weighted by Crippen LogP contribution is 2.32. The summed E-state index contributed by atoms with van der Waals surface area (Å²) < 4.78 is 0.825. The molecule has 8 heteroatoms. The molecule has 0 radical (unpaired) electrons. The lowest BCUT2D eigenvalue weighted by Crippen LogP contribution is -2.42. The molecular weight excluding hydrogens is 372 g/mol. The van der Waals surface area contributed by atoms with Gasteiger partial charge in [-0.1, -0.05) is 19.9 Å². The van der Waals surface area contributed by atoms with E-state index in [-0.39, 0.29) is 11.9 Å². The second-order valence-corrected chi connectivity index (χ2v) is 7.32. The van der Waals surface area contributed by atoms with Gasteiger partial charge in [0.05, 0.1) is 21.3 Å². The van der Waals surface area contributed by atoms with E-state index in [1.807, 2.05) is 57.1 Å². The maximum atomic E-state index is 12.8. The first-order chi connectivity index (χ1) is 13.7. The van der Waals surface area contributed by atoms with Gasteiger partial charge in [0.25, 0.3) is 5.91 Å². The number of nitrogens with one attached hydrogen (secondary N) is 2. The Morgan fingerprint density at radius 3 is 2.68 bits per heavy atom. The van der Waals surface area contributed by atoms with Crippen molar-refractivity contribution < 1.29 is 4.79 Å². The van der Waals surface area contributed by atoms with Gasteiger partial charge in [-0.05, 0) is 31.0 Å². The Morgan fingerprint density at radius 2 is 2.07 bits per heavy atom. The minimum atomic E-state index is -0.0229.